The number of carbonyl (C=O) groups is 2. The van der Waals surface area contributed by atoms with Crippen LogP contribution in [0.5, 0.6) is 0 Å². The van der Waals surface area contributed by atoms with Crippen molar-refractivity contribution in [1.82, 2.24) is 5.32 Å². The van der Waals surface area contributed by atoms with Gasteiger partial charge in [0.25, 0.3) is 11.6 Å². The van der Waals surface area contributed by atoms with Crippen LogP contribution in [0, 0.1) is 10.1 Å². The van der Waals surface area contributed by atoms with Crippen molar-refractivity contribution in [2.45, 2.75) is 6.92 Å². The molecule has 1 aromatic carbocycles. The van der Waals surface area contributed by atoms with Gasteiger partial charge in [0.1, 0.15) is 11.5 Å². The smallest absolute Gasteiger partial charge is 0.286 e. The van der Waals surface area contributed by atoms with Crippen LogP contribution in [-0.2, 0) is 9.59 Å². The van der Waals surface area contributed by atoms with Gasteiger partial charge in [0, 0.05) is 30.7 Å². The van der Waals surface area contributed by atoms with Gasteiger partial charge >= 0.3 is 0 Å². The second-order valence-electron chi connectivity index (χ2n) is 5.02. The molecule has 0 saturated carbocycles. The van der Waals surface area contributed by atoms with Crippen LogP contribution in [0.25, 0.3) is 17.4 Å². The van der Waals surface area contributed by atoms with Gasteiger partial charge < -0.3 is 9.73 Å². The summed E-state index contributed by atoms with van der Waals surface area (Å²) in [6.07, 6.45) is 1.53. The minimum atomic E-state index is -0.475. The van der Waals surface area contributed by atoms with Crippen LogP contribution in [0.15, 0.2) is 50.7 Å². The van der Waals surface area contributed by atoms with Gasteiger partial charge in [-0.1, -0.05) is 0 Å². The fourth-order valence-corrected chi connectivity index (χ4v) is 2.92. The van der Waals surface area contributed by atoms with Crippen molar-refractivity contribution in [2.75, 3.05) is 0 Å². The van der Waals surface area contributed by atoms with Gasteiger partial charge in [-0.3, -0.25) is 19.7 Å². The number of nitrogens with one attached hydrogen (secondary N) is 1. The van der Waals surface area contributed by atoms with Crippen molar-refractivity contribution in [1.29, 1.82) is 0 Å². The van der Waals surface area contributed by atoms with Gasteiger partial charge in [0.2, 0.25) is 5.91 Å². The molecule has 2 amide bonds. The first-order chi connectivity index (χ1) is 11.9. The Bertz CT molecular complexity index is 928. The number of carbonyl (C=O) groups excluding carboxylic acids is 2. The molecule has 0 saturated heterocycles. The molecule has 2 aromatic rings. The van der Waals surface area contributed by atoms with Crippen molar-refractivity contribution in [3.63, 3.8) is 0 Å². The van der Waals surface area contributed by atoms with E-state index in [1.165, 1.54) is 25.1 Å². The predicted octanol–water partition coefficient (Wildman–Crippen LogP) is 2.96. The zero-order chi connectivity index (χ0) is 18.0. The lowest BCUT2D eigenvalue weighted by Gasteiger charge is -1.98. The first-order valence-electron chi connectivity index (χ1n) is 7.07. The van der Waals surface area contributed by atoms with E-state index >= 15 is 0 Å². The Morgan fingerprint density at radius 3 is 2.64 bits per heavy atom. The topological polar surface area (TPSA) is 115 Å². The number of amides is 2. The number of non-ortho nitro benzene ring substituents is 1. The molecular weight excluding hydrogens is 346 g/mol. The highest BCUT2D eigenvalue weighted by Crippen LogP contribution is 2.30. The summed E-state index contributed by atoms with van der Waals surface area (Å²) < 4.78 is 5.65. The molecule has 0 aliphatic carbocycles. The number of benzene rings is 1. The maximum Gasteiger partial charge on any atom is 0.286 e. The monoisotopic (exact) mass is 357 g/mol. The van der Waals surface area contributed by atoms with Crippen molar-refractivity contribution in [2.24, 2.45) is 4.99 Å². The first-order valence-corrected chi connectivity index (χ1v) is 7.89. The average molecular weight is 357 g/mol. The summed E-state index contributed by atoms with van der Waals surface area (Å²) in [6, 6.07) is 9.32. The summed E-state index contributed by atoms with van der Waals surface area (Å²) in [7, 11) is 0. The molecule has 0 spiro atoms. The minimum Gasteiger partial charge on any atom is -0.457 e. The summed E-state index contributed by atoms with van der Waals surface area (Å²) in [4.78, 5) is 37.1. The predicted molar refractivity (Wildman–Crippen MR) is 92.6 cm³/mol. The Kier molecular flexibility index (Phi) is 4.48. The molecule has 0 unspecified atom stereocenters. The molecule has 0 bridgehead atoms. The van der Waals surface area contributed by atoms with Crippen molar-refractivity contribution >= 4 is 40.5 Å². The second kappa shape index (κ2) is 6.73. The largest absolute Gasteiger partial charge is 0.457 e. The Morgan fingerprint density at radius 2 is 2.00 bits per heavy atom. The molecule has 1 N–H and O–H groups in total. The van der Waals surface area contributed by atoms with Crippen LogP contribution in [0.3, 0.4) is 0 Å². The highest BCUT2D eigenvalue weighted by Gasteiger charge is 2.23. The maximum atomic E-state index is 11.8. The molecule has 126 valence electrons. The fraction of sp³-hybridized carbons (Fsp3) is 0.0625. The third-order valence-electron chi connectivity index (χ3n) is 3.17. The number of nitro groups is 1. The highest BCUT2D eigenvalue weighted by molar-refractivity contribution is 8.18. The number of amidine groups is 1. The number of nitrogens with zero attached hydrogens (tertiary/aromatic N) is 2. The van der Waals surface area contributed by atoms with E-state index in [0.29, 0.717) is 22.0 Å². The molecule has 2 heterocycles. The maximum absolute atomic E-state index is 11.8. The zero-order valence-electron chi connectivity index (χ0n) is 12.9. The van der Waals surface area contributed by atoms with Crippen LogP contribution < -0.4 is 5.32 Å². The fourth-order valence-electron chi connectivity index (χ4n) is 2.08. The van der Waals surface area contributed by atoms with Gasteiger partial charge in [-0.25, -0.2) is 0 Å². The third-order valence-corrected chi connectivity index (χ3v) is 4.07. The van der Waals surface area contributed by atoms with Crippen LogP contribution in [-0.4, -0.2) is 21.9 Å². The Hall–Kier alpha value is -3.20. The third kappa shape index (κ3) is 3.83. The van der Waals surface area contributed by atoms with E-state index in [2.05, 4.69) is 10.3 Å². The standard InChI is InChI=1S/C16H11N3O5S/c1-9(20)17-16-18-15(21)14(25-16)8-12-6-7-13(24-12)10-2-4-11(5-3-10)19(22)23/h2-8H,1H3,(H,17,18,20,21)/b14-8+. The van der Waals surface area contributed by atoms with Gasteiger partial charge in [-0.05, 0) is 36.0 Å². The molecular formula is C16H11N3O5S. The molecule has 3 rings (SSSR count). The minimum absolute atomic E-state index is 0.00625. The molecule has 0 atom stereocenters. The second-order valence-corrected chi connectivity index (χ2v) is 6.05. The summed E-state index contributed by atoms with van der Waals surface area (Å²) in [5.41, 5.74) is 0.670. The lowest BCUT2D eigenvalue weighted by molar-refractivity contribution is -0.384. The van der Waals surface area contributed by atoms with E-state index in [9.17, 15) is 19.7 Å². The highest BCUT2D eigenvalue weighted by atomic mass is 32.2. The number of hydrogen-bond donors (Lipinski definition) is 1. The lowest BCUT2D eigenvalue weighted by atomic mass is 10.1. The number of hydrogen-bond acceptors (Lipinski definition) is 6. The molecule has 1 aliphatic heterocycles. The number of thioether (sulfide) groups is 1. The molecule has 0 fully saturated rings. The molecule has 9 heteroatoms. The molecule has 1 aliphatic rings. The first kappa shape index (κ1) is 16.7. The normalized spacial score (nSPS) is 15.3. The van der Waals surface area contributed by atoms with Crippen LogP contribution >= 0.6 is 11.8 Å². The van der Waals surface area contributed by atoms with Gasteiger partial charge in [0.15, 0.2) is 5.17 Å². The Balaban J connectivity index is 1.77. The van der Waals surface area contributed by atoms with Crippen molar-refractivity contribution in [3.05, 3.63) is 57.2 Å². The summed E-state index contributed by atoms with van der Waals surface area (Å²) in [5, 5.41) is 13.4. The van der Waals surface area contributed by atoms with E-state index in [4.69, 9.17) is 4.42 Å². The van der Waals surface area contributed by atoms with Crippen molar-refractivity contribution < 1.29 is 18.9 Å². The van der Waals surface area contributed by atoms with Crippen LogP contribution in [0.1, 0.15) is 12.7 Å². The Morgan fingerprint density at radius 1 is 1.28 bits per heavy atom. The van der Waals surface area contributed by atoms with Gasteiger partial charge in [-0.2, -0.15) is 4.99 Å². The van der Waals surface area contributed by atoms with Crippen molar-refractivity contribution in [3.8, 4) is 11.3 Å². The number of aliphatic imine (C=N–C) groups is 1. The van der Waals surface area contributed by atoms with E-state index in [1.807, 2.05) is 0 Å². The van der Waals surface area contributed by atoms with E-state index in [0.717, 1.165) is 11.8 Å². The number of rotatable bonds is 3. The molecule has 1 aromatic heterocycles. The van der Waals surface area contributed by atoms with E-state index < -0.39 is 10.8 Å². The number of nitro benzene ring substituents is 1. The summed E-state index contributed by atoms with van der Waals surface area (Å²) >= 11 is 1.05. The summed E-state index contributed by atoms with van der Waals surface area (Å²) in [6.45, 7) is 1.33. The lowest BCUT2D eigenvalue weighted by Crippen LogP contribution is -2.23. The Labute approximate surface area is 145 Å². The number of furan rings is 1. The van der Waals surface area contributed by atoms with Gasteiger partial charge in [-0.15, -0.1) is 0 Å². The van der Waals surface area contributed by atoms with E-state index in [-0.39, 0.29) is 16.8 Å². The average Bonchev–Trinajstić information content (AvgIpc) is 3.14. The van der Waals surface area contributed by atoms with Crippen LogP contribution in [0.2, 0.25) is 0 Å². The van der Waals surface area contributed by atoms with Gasteiger partial charge in [0.05, 0.1) is 9.83 Å². The van der Waals surface area contributed by atoms with Crippen LogP contribution in [0.4, 0.5) is 5.69 Å². The van der Waals surface area contributed by atoms with E-state index in [1.54, 1.807) is 24.3 Å². The SMILES string of the molecule is CC(=O)NC1=NC(=O)/C(=C\c2ccc(-c3ccc([N+](=O)[O-])cc3)o2)S1. The quantitative estimate of drug-likeness (QED) is 0.513. The summed E-state index contributed by atoms with van der Waals surface area (Å²) in [5.74, 6) is 0.185. The molecule has 0 radical (unpaired) electrons. The zero-order valence-corrected chi connectivity index (χ0v) is 13.7. The molecule has 25 heavy (non-hydrogen) atoms. The molecule has 8 nitrogen and oxygen atoms in total.